The molecule has 0 radical (unpaired) electrons. The van der Waals surface area contributed by atoms with Crippen LogP contribution in [0.1, 0.15) is 17.3 Å². The van der Waals surface area contributed by atoms with Gasteiger partial charge in [0.25, 0.3) is 5.91 Å². The molecule has 2 atom stereocenters. The molecule has 0 saturated carbocycles. The van der Waals surface area contributed by atoms with Crippen molar-refractivity contribution in [1.82, 2.24) is 4.90 Å². The van der Waals surface area contributed by atoms with E-state index in [1.807, 2.05) is 25.1 Å². The molecule has 21 heavy (non-hydrogen) atoms. The van der Waals surface area contributed by atoms with Gasteiger partial charge in [0.1, 0.15) is 5.37 Å². The van der Waals surface area contributed by atoms with E-state index < -0.39 is 4.51 Å². The SMILES string of the molecule is COC1(Br)C(=O)N2C(C(=O)c3ccccc3)=C(C)CS[C@H]21. The lowest BCUT2D eigenvalue weighted by Crippen LogP contribution is -2.71. The van der Waals surface area contributed by atoms with Crippen LogP contribution in [0.2, 0.25) is 0 Å². The Morgan fingerprint density at radius 1 is 1.43 bits per heavy atom. The first-order chi connectivity index (χ1) is 10.0. The van der Waals surface area contributed by atoms with Crippen molar-refractivity contribution in [1.29, 1.82) is 0 Å². The summed E-state index contributed by atoms with van der Waals surface area (Å²) in [6, 6.07) is 9.03. The average molecular weight is 368 g/mol. The van der Waals surface area contributed by atoms with Crippen molar-refractivity contribution in [3.05, 3.63) is 47.2 Å². The number of halogens is 1. The van der Waals surface area contributed by atoms with E-state index in [2.05, 4.69) is 15.9 Å². The quantitative estimate of drug-likeness (QED) is 0.468. The number of nitrogens with zero attached hydrogens (tertiary/aromatic N) is 1. The van der Waals surface area contributed by atoms with Crippen LogP contribution in [-0.2, 0) is 9.53 Å². The smallest absolute Gasteiger partial charge is 0.274 e. The molecule has 2 heterocycles. The maximum absolute atomic E-state index is 12.7. The Kier molecular flexibility index (Phi) is 3.71. The Hall–Kier alpha value is -1.11. The van der Waals surface area contributed by atoms with Gasteiger partial charge in [-0.1, -0.05) is 30.3 Å². The first kappa shape index (κ1) is 14.8. The van der Waals surface area contributed by atoms with Crippen LogP contribution in [0, 0.1) is 0 Å². The molecule has 0 spiro atoms. The van der Waals surface area contributed by atoms with Crippen molar-refractivity contribution in [3.8, 4) is 0 Å². The van der Waals surface area contributed by atoms with Crippen LogP contribution < -0.4 is 0 Å². The van der Waals surface area contributed by atoms with Gasteiger partial charge in [-0.3, -0.25) is 14.5 Å². The summed E-state index contributed by atoms with van der Waals surface area (Å²) in [7, 11) is 1.49. The highest BCUT2D eigenvalue weighted by molar-refractivity contribution is 9.10. The van der Waals surface area contributed by atoms with Gasteiger partial charge in [-0.2, -0.15) is 0 Å². The Labute approximate surface area is 135 Å². The highest BCUT2D eigenvalue weighted by Crippen LogP contribution is 2.51. The fourth-order valence-corrected chi connectivity index (χ4v) is 4.67. The summed E-state index contributed by atoms with van der Waals surface area (Å²) in [4.78, 5) is 26.7. The van der Waals surface area contributed by atoms with Crippen LogP contribution in [0.3, 0.4) is 0 Å². The van der Waals surface area contributed by atoms with E-state index in [0.29, 0.717) is 17.0 Å². The van der Waals surface area contributed by atoms with Gasteiger partial charge in [0.15, 0.2) is 0 Å². The predicted molar refractivity (Wildman–Crippen MR) is 85.2 cm³/mol. The van der Waals surface area contributed by atoms with Gasteiger partial charge >= 0.3 is 0 Å². The molecule has 1 aromatic rings. The third-order valence-electron chi connectivity index (χ3n) is 3.71. The molecule has 0 N–H and O–H groups in total. The molecule has 4 nitrogen and oxygen atoms in total. The maximum atomic E-state index is 12.7. The minimum Gasteiger partial charge on any atom is -0.356 e. The number of thioether (sulfide) groups is 1. The van der Waals surface area contributed by atoms with Crippen LogP contribution >= 0.6 is 27.7 Å². The van der Waals surface area contributed by atoms with Gasteiger partial charge < -0.3 is 4.74 Å². The zero-order valence-corrected chi connectivity index (χ0v) is 14.0. The Bertz CT molecular complexity index is 646. The monoisotopic (exact) mass is 367 g/mol. The summed E-state index contributed by atoms with van der Waals surface area (Å²) in [6.45, 7) is 1.90. The van der Waals surface area contributed by atoms with Crippen LogP contribution in [0.4, 0.5) is 0 Å². The number of alkyl halides is 1. The molecule has 1 amide bonds. The second-order valence-electron chi connectivity index (χ2n) is 5.01. The topological polar surface area (TPSA) is 46.6 Å². The van der Waals surface area contributed by atoms with Crippen molar-refractivity contribution < 1.29 is 14.3 Å². The first-order valence-corrected chi connectivity index (χ1v) is 8.33. The minimum atomic E-state index is -1.01. The van der Waals surface area contributed by atoms with Crippen LogP contribution in [0.15, 0.2) is 41.6 Å². The van der Waals surface area contributed by atoms with Gasteiger partial charge in [0.05, 0.1) is 5.70 Å². The van der Waals surface area contributed by atoms with Gasteiger partial charge in [0, 0.05) is 18.4 Å². The lowest BCUT2D eigenvalue weighted by molar-refractivity contribution is -0.162. The number of benzene rings is 1. The highest BCUT2D eigenvalue weighted by Gasteiger charge is 2.63. The molecule has 3 rings (SSSR count). The number of carbonyl (C=O) groups is 2. The number of hydrogen-bond donors (Lipinski definition) is 0. The molecule has 6 heteroatoms. The number of β-lactam (4-membered cyclic amide) rings is 1. The Balaban J connectivity index is 1.99. The summed E-state index contributed by atoms with van der Waals surface area (Å²) in [6.07, 6.45) is 0. The highest BCUT2D eigenvalue weighted by atomic mass is 79.9. The van der Waals surface area contributed by atoms with Crippen LogP contribution in [0.5, 0.6) is 0 Å². The summed E-state index contributed by atoms with van der Waals surface area (Å²) < 4.78 is 4.28. The van der Waals surface area contributed by atoms with E-state index in [0.717, 1.165) is 5.57 Å². The molecule has 0 aromatic heterocycles. The number of hydrogen-bond acceptors (Lipinski definition) is 4. The van der Waals surface area contributed by atoms with Crippen molar-refractivity contribution in [2.45, 2.75) is 16.8 Å². The van der Waals surface area contributed by atoms with Gasteiger partial charge in [-0.15, -0.1) is 11.8 Å². The number of ketones is 1. The number of rotatable bonds is 3. The van der Waals surface area contributed by atoms with Crippen molar-refractivity contribution in [2.24, 2.45) is 0 Å². The summed E-state index contributed by atoms with van der Waals surface area (Å²) in [5, 5.41) is -0.207. The zero-order valence-electron chi connectivity index (χ0n) is 11.6. The van der Waals surface area contributed by atoms with E-state index in [-0.39, 0.29) is 17.1 Å². The van der Waals surface area contributed by atoms with E-state index in [1.54, 1.807) is 28.8 Å². The fraction of sp³-hybridized carbons (Fsp3) is 0.333. The normalized spacial score (nSPS) is 28.2. The Morgan fingerprint density at radius 3 is 2.71 bits per heavy atom. The second-order valence-corrected chi connectivity index (χ2v) is 7.26. The maximum Gasteiger partial charge on any atom is 0.274 e. The number of allylic oxidation sites excluding steroid dienone is 1. The summed E-state index contributed by atoms with van der Waals surface area (Å²) in [5.41, 5.74) is 2.00. The summed E-state index contributed by atoms with van der Waals surface area (Å²) in [5.74, 6) is 0.372. The van der Waals surface area contributed by atoms with Crippen molar-refractivity contribution in [2.75, 3.05) is 12.9 Å². The van der Waals surface area contributed by atoms with E-state index >= 15 is 0 Å². The third-order valence-corrected chi connectivity index (χ3v) is 6.57. The molecule has 0 bridgehead atoms. The van der Waals surface area contributed by atoms with Crippen LogP contribution in [0.25, 0.3) is 0 Å². The molecule has 0 aliphatic carbocycles. The zero-order chi connectivity index (χ0) is 15.2. The lowest BCUT2D eigenvalue weighted by Gasteiger charge is -2.53. The number of fused-ring (bicyclic) bond motifs is 1. The molecule has 1 saturated heterocycles. The first-order valence-electron chi connectivity index (χ1n) is 6.49. The van der Waals surface area contributed by atoms with Gasteiger partial charge in [-0.05, 0) is 28.4 Å². The molecular formula is C15H14BrNO3S. The molecule has 2 aliphatic rings. The number of carbonyl (C=O) groups excluding carboxylic acids is 2. The van der Waals surface area contributed by atoms with E-state index in [4.69, 9.17) is 4.74 Å². The molecule has 110 valence electrons. The molecule has 1 aromatic carbocycles. The van der Waals surface area contributed by atoms with E-state index in [1.165, 1.54) is 7.11 Å². The number of methoxy groups -OCH3 is 1. The lowest BCUT2D eigenvalue weighted by atomic mass is 9.99. The van der Waals surface area contributed by atoms with Crippen molar-refractivity contribution in [3.63, 3.8) is 0 Å². The molecule has 1 unspecified atom stereocenters. The average Bonchev–Trinajstić information content (AvgIpc) is 2.53. The second kappa shape index (κ2) is 5.26. The minimum absolute atomic E-state index is 0.114. The number of ether oxygens (including phenoxy) is 1. The standard InChI is InChI=1S/C15H14BrNO3S/c1-9-8-21-14-15(16,20-2)13(19)17(14)11(9)12(18)10-6-4-3-5-7-10/h3-7,14H,8H2,1-2H3/t14-,15?/m0/s1. The van der Waals surface area contributed by atoms with E-state index in [9.17, 15) is 9.59 Å². The number of amides is 1. The van der Waals surface area contributed by atoms with Gasteiger partial charge in [0.2, 0.25) is 10.3 Å². The third kappa shape index (κ3) is 2.08. The van der Waals surface area contributed by atoms with Crippen molar-refractivity contribution >= 4 is 39.4 Å². The largest absolute Gasteiger partial charge is 0.356 e. The van der Waals surface area contributed by atoms with Gasteiger partial charge in [-0.25, -0.2) is 0 Å². The molecule has 1 fully saturated rings. The number of Topliss-reactive ketones (excluding diaryl/α,β-unsaturated/α-hetero) is 1. The fourth-order valence-electron chi connectivity index (χ4n) is 2.57. The summed E-state index contributed by atoms with van der Waals surface area (Å²) >= 11 is 4.95. The Morgan fingerprint density at radius 2 is 2.10 bits per heavy atom. The predicted octanol–water partition coefficient (Wildman–Crippen LogP) is 2.80. The van der Waals surface area contributed by atoms with Crippen LogP contribution in [-0.4, -0.2) is 39.3 Å². The molecule has 2 aliphatic heterocycles. The molecular weight excluding hydrogens is 354 g/mol.